The van der Waals surface area contributed by atoms with Crippen molar-refractivity contribution < 1.29 is 53.5 Å². The predicted octanol–water partition coefficient (Wildman–Crippen LogP) is 7.18. The molecule has 66 heavy (non-hydrogen) atoms. The maximum atomic E-state index is 14.9. The van der Waals surface area contributed by atoms with Crippen LogP contribution in [-0.2, 0) is 23.9 Å². The molecule has 1 fully saturated rings. The number of esters is 1. The number of aliphatic carboxylic acids is 1. The van der Waals surface area contributed by atoms with Gasteiger partial charge in [0.1, 0.15) is 29.0 Å². The van der Waals surface area contributed by atoms with E-state index in [1.807, 2.05) is 33.8 Å². The van der Waals surface area contributed by atoms with Gasteiger partial charge in [0.2, 0.25) is 5.78 Å². The molecule has 3 heterocycles. The number of fused-ring (bicyclic) bond motifs is 2. The number of nitrogens with zero attached hydrogens (tertiary/aromatic N) is 2. The van der Waals surface area contributed by atoms with E-state index in [4.69, 9.17) is 19.2 Å². The summed E-state index contributed by atoms with van der Waals surface area (Å²) in [5.74, 6) is -7.88. The van der Waals surface area contributed by atoms with E-state index in [9.17, 15) is 39.3 Å². The fraction of sp³-hybridized carbons (Fsp3) is 0.608. The first-order chi connectivity index (χ1) is 30.9. The number of nitrogens with one attached hydrogen (secondary N) is 2. The van der Waals surface area contributed by atoms with Gasteiger partial charge in [-0.25, -0.2) is 0 Å². The summed E-state index contributed by atoms with van der Waals surface area (Å²) < 4.78 is 18.4. The Labute approximate surface area is 389 Å². The molecule has 0 radical (unpaired) electrons. The van der Waals surface area contributed by atoms with Crippen molar-refractivity contribution in [2.45, 2.75) is 139 Å². The average Bonchev–Trinajstić information content (AvgIpc) is 3.61. The Bertz CT molecular complexity index is 2200. The van der Waals surface area contributed by atoms with Gasteiger partial charge in [-0.15, -0.1) is 0 Å². The first-order valence-electron chi connectivity index (χ1n) is 23.5. The number of allylic oxidation sites excluding steroid dienone is 7. The molecule has 7 atom stereocenters. The zero-order chi connectivity index (χ0) is 49.0. The van der Waals surface area contributed by atoms with E-state index in [-0.39, 0.29) is 75.7 Å². The van der Waals surface area contributed by atoms with Gasteiger partial charge in [0.15, 0.2) is 17.5 Å². The smallest absolute Gasteiger partial charge is 0.320 e. The van der Waals surface area contributed by atoms with Crippen LogP contribution in [0.15, 0.2) is 52.3 Å². The number of piperidine rings is 1. The molecular weight excluding hydrogens is 845 g/mol. The SMILES string of the molecule is CCOc1c(C)c(O)c2c3c1C(=O)C/C=C/C[C@@H](C)[C@@H](OC(=O)C(C)C(=O)O)[C@H](C)C(OC(C)(C)O)[C@H](C)CC(C)/C=C/C=C(/C)C(=O)NC(=C1NC4(CCN(CC(C)C)CC4)N=C13)C2=O. The number of ketones is 2. The normalized spacial score (nSPS) is 27.9. The molecular formula is C51H72N4O11. The number of hydrogen-bond donors (Lipinski definition) is 5. The van der Waals surface area contributed by atoms with Crippen LogP contribution in [0.3, 0.4) is 0 Å². The number of hydrogen-bond acceptors (Lipinski definition) is 13. The summed E-state index contributed by atoms with van der Waals surface area (Å²) in [4.78, 5) is 76.5. The summed E-state index contributed by atoms with van der Waals surface area (Å²) in [6, 6.07) is 0. The number of carboxylic acid groups (broad SMARTS) is 1. The van der Waals surface area contributed by atoms with Crippen LogP contribution < -0.4 is 15.4 Å². The Morgan fingerprint density at radius 3 is 2.24 bits per heavy atom. The van der Waals surface area contributed by atoms with Gasteiger partial charge in [0.05, 0.1) is 35.2 Å². The fourth-order valence-electron chi connectivity index (χ4n) is 9.61. The topological polar surface area (TPSA) is 213 Å². The third-order valence-corrected chi connectivity index (χ3v) is 13.1. The number of aliphatic imine (C=N–C) groups is 1. The van der Waals surface area contributed by atoms with E-state index in [0.717, 1.165) is 19.6 Å². The van der Waals surface area contributed by atoms with Gasteiger partial charge in [0, 0.05) is 61.5 Å². The molecule has 362 valence electrons. The summed E-state index contributed by atoms with van der Waals surface area (Å²) >= 11 is 0. The molecule has 1 aromatic rings. The van der Waals surface area contributed by atoms with Crippen molar-refractivity contribution in [2.24, 2.45) is 40.5 Å². The molecule has 1 amide bonds. The number of carboxylic acids is 1. The van der Waals surface area contributed by atoms with Crippen LogP contribution >= 0.6 is 0 Å². The summed E-state index contributed by atoms with van der Waals surface area (Å²) in [5.41, 5.74) is 0.213. The number of Topliss-reactive ketones (excluding diaryl/α,β-unsaturated/α-hetero) is 2. The maximum Gasteiger partial charge on any atom is 0.320 e. The molecule has 1 saturated heterocycles. The largest absolute Gasteiger partial charge is 0.507 e. The second kappa shape index (κ2) is 21.2. The minimum Gasteiger partial charge on any atom is -0.507 e. The lowest BCUT2D eigenvalue weighted by Gasteiger charge is -2.40. The maximum absolute atomic E-state index is 14.9. The molecule has 0 aromatic heterocycles. The zero-order valence-electron chi connectivity index (χ0n) is 40.9. The Kier molecular flexibility index (Phi) is 16.7. The van der Waals surface area contributed by atoms with Crippen LogP contribution in [0.25, 0.3) is 0 Å². The average molecular weight is 917 g/mol. The van der Waals surface area contributed by atoms with Gasteiger partial charge in [-0.2, -0.15) is 0 Å². The van der Waals surface area contributed by atoms with Crippen molar-refractivity contribution in [1.29, 1.82) is 0 Å². The number of phenolic OH excluding ortho intramolecular Hbond substituents is 1. The molecule has 4 bridgehead atoms. The van der Waals surface area contributed by atoms with Gasteiger partial charge in [0.25, 0.3) is 5.91 Å². The van der Waals surface area contributed by atoms with Crippen LogP contribution in [0.1, 0.15) is 140 Å². The molecule has 3 aliphatic heterocycles. The van der Waals surface area contributed by atoms with Crippen molar-refractivity contribution in [3.05, 3.63) is 69.6 Å². The van der Waals surface area contributed by atoms with E-state index in [1.165, 1.54) is 20.8 Å². The zero-order valence-corrected chi connectivity index (χ0v) is 40.9. The number of phenols is 1. The van der Waals surface area contributed by atoms with E-state index in [2.05, 4.69) is 29.4 Å². The van der Waals surface area contributed by atoms with Gasteiger partial charge in [-0.1, -0.05) is 71.9 Å². The summed E-state index contributed by atoms with van der Waals surface area (Å²) in [7, 11) is 0. The number of ether oxygens (including phenoxy) is 3. The lowest BCUT2D eigenvalue weighted by molar-refractivity contribution is -0.237. The first kappa shape index (κ1) is 51.9. The fourth-order valence-corrected chi connectivity index (χ4v) is 9.61. The van der Waals surface area contributed by atoms with E-state index < -0.39 is 70.8 Å². The number of benzene rings is 1. The third-order valence-electron chi connectivity index (χ3n) is 13.1. The Hall–Kier alpha value is -5.12. The van der Waals surface area contributed by atoms with Crippen LogP contribution in [0, 0.1) is 42.4 Å². The molecule has 15 heteroatoms. The second-order valence-corrected chi connectivity index (χ2v) is 19.8. The van der Waals surface area contributed by atoms with Crippen LogP contribution in [0.5, 0.6) is 11.5 Å². The third kappa shape index (κ3) is 11.7. The molecule has 1 spiro atoms. The van der Waals surface area contributed by atoms with Crippen molar-refractivity contribution in [3.63, 3.8) is 0 Å². The number of amides is 1. The van der Waals surface area contributed by atoms with Crippen molar-refractivity contribution >= 4 is 35.1 Å². The van der Waals surface area contributed by atoms with E-state index in [0.29, 0.717) is 37.2 Å². The molecule has 3 unspecified atom stereocenters. The minimum atomic E-state index is -1.56. The van der Waals surface area contributed by atoms with Crippen molar-refractivity contribution in [3.8, 4) is 11.5 Å². The van der Waals surface area contributed by atoms with Crippen LogP contribution in [-0.4, -0.2) is 105 Å². The second-order valence-electron chi connectivity index (χ2n) is 19.8. The molecule has 1 aromatic carbocycles. The van der Waals surface area contributed by atoms with Crippen molar-refractivity contribution in [1.82, 2.24) is 15.5 Å². The summed E-state index contributed by atoms with van der Waals surface area (Å²) in [5, 5.41) is 38.9. The highest BCUT2D eigenvalue weighted by Gasteiger charge is 2.48. The van der Waals surface area contributed by atoms with E-state index >= 15 is 0 Å². The number of carbonyl (C=O) groups is 5. The van der Waals surface area contributed by atoms with E-state index in [1.54, 1.807) is 45.1 Å². The molecule has 4 aliphatic rings. The standard InChI is InChI=1S/C51H72N4O11/c1-13-64-46-32(8)42(57)38-37-36(46)35(56)20-15-14-18-29(5)44(65-49(62)34(10)48(60)61)33(9)45(66-50(11,12)63)31(7)25-28(4)17-16-19-30(6)47(59)52-41(43(38)58)40-39(37)53-51(54-40)21-23-55(24-22-51)26-27(2)3/h14-17,19,27-29,31,33-34,44-45,54,57,63H,13,18,20-26H2,1-12H3,(H,52,59)(H,60,61)/b15-14+,17-16+,30-19-/t28?,29-,31-,33+,34?,44-,45?/m1/s1. The number of aliphatic hydroxyl groups is 1. The van der Waals surface area contributed by atoms with Gasteiger partial charge in [-0.05, 0) is 78.1 Å². The number of carbonyl (C=O) groups excluding carboxylic acids is 4. The van der Waals surface area contributed by atoms with Crippen molar-refractivity contribution in [2.75, 3.05) is 26.2 Å². The van der Waals surface area contributed by atoms with Gasteiger partial charge in [-0.3, -0.25) is 29.0 Å². The monoisotopic (exact) mass is 917 g/mol. The highest BCUT2D eigenvalue weighted by atomic mass is 16.6. The summed E-state index contributed by atoms with van der Waals surface area (Å²) in [6.07, 6.45) is 9.20. The first-order valence-corrected chi connectivity index (χ1v) is 23.5. The highest BCUT2D eigenvalue weighted by Crippen LogP contribution is 2.46. The minimum absolute atomic E-state index is 0.0623. The lowest BCUT2D eigenvalue weighted by Crippen LogP contribution is -2.50. The molecule has 15 nitrogen and oxygen atoms in total. The molecule has 5 rings (SSSR count). The highest BCUT2D eigenvalue weighted by molar-refractivity contribution is 6.34. The number of likely N-dealkylation sites (tertiary alicyclic amines) is 1. The number of rotatable bonds is 9. The van der Waals surface area contributed by atoms with Gasteiger partial charge >= 0.3 is 11.9 Å². The Balaban J connectivity index is 1.68. The lowest BCUT2D eigenvalue weighted by atomic mass is 9.79. The molecule has 0 saturated carbocycles. The Morgan fingerprint density at radius 1 is 0.970 bits per heavy atom. The summed E-state index contributed by atoms with van der Waals surface area (Å²) in [6.45, 7) is 23.8. The molecule has 5 N–H and O–H groups in total. The number of aromatic hydroxyl groups is 1. The molecule has 1 aliphatic carbocycles. The quantitative estimate of drug-likeness (QED) is 0.0720. The predicted molar refractivity (Wildman–Crippen MR) is 251 cm³/mol. The van der Waals surface area contributed by atoms with Gasteiger partial charge < -0.3 is 45.1 Å². The Morgan fingerprint density at radius 2 is 1.64 bits per heavy atom. The van der Waals surface area contributed by atoms with Crippen LogP contribution in [0.4, 0.5) is 0 Å². The van der Waals surface area contributed by atoms with Crippen LogP contribution in [0.2, 0.25) is 0 Å².